The van der Waals surface area contributed by atoms with Gasteiger partial charge in [0.05, 0.1) is 13.3 Å². The zero-order chi connectivity index (χ0) is 22.0. The summed E-state index contributed by atoms with van der Waals surface area (Å²) in [5.74, 6) is -0.274. The second-order valence-electron chi connectivity index (χ2n) is 7.61. The summed E-state index contributed by atoms with van der Waals surface area (Å²) >= 11 is 0. The van der Waals surface area contributed by atoms with Crippen molar-refractivity contribution in [1.29, 1.82) is 0 Å². The Balaban J connectivity index is 2.04. The molecule has 0 radical (unpaired) electrons. The Morgan fingerprint density at radius 3 is 2.48 bits per heavy atom. The Kier molecular flexibility index (Phi) is 5.71. The molecule has 0 bridgehead atoms. The van der Waals surface area contributed by atoms with Gasteiger partial charge in [-0.2, -0.15) is 4.40 Å². The van der Waals surface area contributed by atoms with Crippen LogP contribution in [0.25, 0.3) is 27.5 Å². The van der Waals surface area contributed by atoms with Crippen molar-refractivity contribution >= 4 is 22.3 Å². The van der Waals surface area contributed by atoms with E-state index >= 15 is 0 Å². The monoisotopic (exact) mass is 417 g/mol. The van der Waals surface area contributed by atoms with E-state index in [0.29, 0.717) is 11.9 Å². The highest BCUT2D eigenvalue weighted by Gasteiger charge is 2.27. The third kappa shape index (κ3) is 3.89. The van der Waals surface area contributed by atoms with Gasteiger partial charge in [-0.15, -0.1) is 0 Å². The van der Waals surface area contributed by atoms with Crippen LogP contribution in [0, 0.1) is 0 Å². The second kappa shape index (κ2) is 8.60. The second-order valence-corrected chi connectivity index (χ2v) is 7.61. The number of nitrogens with zero attached hydrogens (tertiary/aromatic N) is 2. The number of aromatic nitrogens is 2. The molecular formula is C25H25N2O4+. The highest BCUT2D eigenvalue weighted by atomic mass is 16.5. The van der Waals surface area contributed by atoms with E-state index in [1.165, 1.54) is 4.57 Å². The number of fused-ring (bicyclic) bond motifs is 2. The highest BCUT2D eigenvalue weighted by molar-refractivity contribution is 5.84. The molecule has 158 valence electrons. The Labute approximate surface area is 180 Å². The summed E-state index contributed by atoms with van der Waals surface area (Å²) in [6.45, 7) is 2.01. The van der Waals surface area contributed by atoms with Crippen LogP contribution in [-0.2, 0) is 4.79 Å². The average molecular weight is 417 g/mol. The van der Waals surface area contributed by atoms with Gasteiger partial charge in [-0.05, 0) is 42.1 Å². The minimum Gasteiger partial charge on any atom is -0.497 e. The summed E-state index contributed by atoms with van der Waals surface area (Å²) in [6.07, 6.45) is 5.58. The molecular weight excluding hydrogens is 392 g/mol. The van der Waals surface area contributed by atoms with E-state index in [1.54, 1.807) is 13.3 Å². The lowest BCUT2D eigenvalue weighted by Crippen LogP contribution is -2.39. The van der Waals surface area contributed by atoms with Crippen molar-refractivity contribution in [3.05, 3.63) is 77.3 Å². The number of hydrogen-bond acceptors (Lipinski definition) is 3. The van der Waals surface area contributed by atoms with Crippen LogP contribution in [0.5, 0.6) is 5.75 Å². The first kappa shape index (κ1) is 20.6. The first-order chi connectivity index (χ1) is 15.0. The summed E-state index contributed by atoms with van der Waals surface area (Å²) in [4.78, 5) is 25.5. The summed E-state index contributed by atoms with van der Waals surface area (Å²) in [6, 6.07) is 16.3. The first-order valence-corrected chi connectivity index (χ1v) is 10.4. The molecule has 0 fully saturated rings. The fraction of sp³-hybridized carbons (Fsp3) is 0.240. The van der Waals surface area contributed by atoms with Crippen LogP contribution in [0.1, 0.15) is 32.2 Å². The SMILES string of the molecule is CCCCC(C(=O)O)n1cc(-c2ccc(OC)cc2)[n+]2cc3ccccc3cc2c1=O. The molecule has 31 heavy (non-hydrogen) atoms. The maximum Gasteiger partial charge on any atom is 0.326 e. The van der Waals surface area contributed by atoms with Gasteiger partial charge in [0, 0.05) is 17.0 Å². The summed E-state index contributed by atoms with van der Waals surface area (Å²) in [5, 5.41) is 11.8. The Morgan fingerprint density at radius 1 is 1.13 bits per heavy atom. The van der Waals surface area contributed by atoms with Gasteiger partial charge in [-0.3, -0.25) is 9.36 Å². The fourth-order valence-corrected chi connectivity index (χ4v) is 3.92. The van der Waals surface area contributed by atoms with Gasteiger partial charge < -0.3 is 9.84 Å². The van der Waals surface area contributed by atoms with Crippen LogP contribution in [0.4, 0.5) is 0 Å². The molecule has 4 aromatic rings. The number of rotatable bonds is 7. The van der Waals surface area contributed by atoms with Crippen LogP contribution in [0.2, 0.25) is 0 Å². The lowest BCUT2D eigenvalue weighted by Gasteiger charge is -2.16. The molecule has 1 unspecified atom stereocenters. The number of aliphatic carboxylic acids is 1. The molecule has 2 aromatic carbocycles. The molecule has 4 rings (SSSR count). The lowest BCUT2D eigenvalue weighted by atomic mass is 10.1. The van der Waals surface area contributed by atoms with Crippen molar-refractivity contribution in [2.45, 2.75) is 32.2 Å². The number of carboxylic acids is 1. The minimum atomic E-state index is -0.999. The Bertz CT molecular complexity index is 1310. The largest absolute Gasteiger partial charge is 0.497 e. The van der Waals surface area contributed by atoms with Crippen molar-refractivity contribution in [2.75, 3.05) is 7.11 Å². The predicted molar refractivity (Wildman–Crippen MR) is 120 cm³/mol. The highest BCUT2D eigenvalue weighted by Crippen LogP contribution is 2.23. The molecule has 1 atom stereocenters. The van der Waals surface area contributed by atoms with Gasteiger partial charge >= 0.3 is 11.5 Å². The van der Waals surface area contributed by atoms with E-state index in [1.807, 2.05) is 72.1 Å². The molecule has 2 heterocycles. The molecule has 0 saturated heterocycles. The Morgan fingerprint density at radius 2 is 1.84 bits per heavy atom. The number of carboxylic acid groups (broad SMARTS) is 1. The van der Waals surface area contributed by atoms with Gasteiger partial charge in [-0.1, -0.05) is 38.0 Å². The summed E-state index contributed by atoms with van der Waals surface area (Å²) < 4.78 is 8.49. The van der Waals surface area contributed by atoms with Crippen molar-refractivity contribution in [3.63, 3.8) is 0 Å². The Hall–Kier alpha value is -3.67. The van der Waals surface area contributed by atoms with Crippen molar-refractivity contribution in [1.82, 2.24) is 4.57 Å². The molecule has 2 aromatic heterocycles. The van der Waals surface area contributed by atoms with Crippen molar-refractivity contribution in [3.8, 4) is 17.0 Å². The normalized spacial score (nSPS) is 12.2. The van der Waals surface area contributed by atoms with Crippen LogP contribution < -0.4 is 14.7 Å². The summed E-state index contributed by atoms with van der Waals surface area (Å²) in [7, 11) is 1.61. The quantitative estimate of drug-likeness (QED) is 0.361. The van der Waals surface area contributed by atoms with Gasteiger partial charge in [0.15, 0.2) is 6.20 Å². The van der Waals surface area contributed by atoms with E-state index in [9.17, 15) is 14.7 Å². The first-order valence-electron chi connectivity index (χ1n) is 10.4. The molecule has 1 N–H and O–H groups in total. The fourth-order valence-electron chi connectivity index (χ4n) is 3.92. The minimum absolute atomic E-state index is 0.313. The molecule has 0 aliphatic rings. The number of pyridine rings is 1. The van der Waals surface area contributed by atoms with E-state index in [4.69, 9.17) is 4.74 Å². The molecule has 0 spiro atoms. The molecule has 0 amide bonds. The van der Waals surface area contributed by atoms with E-state index in [-0.39, 0.29) is 5.56 Å². The van der Waals surface area contributed by atoms with Crippen LogP contribution in [-0.4, -0.2) is 22.8 Å². The third-order valence-electron chi connectivity index (χ3n) is 5.63. The van der Waals surface area contributed by atoms with E-state index in [0.717, 1.165) is 40.6 Å². The maximum atomic E-state index is 13.4. The smallest absolute Gasteiger partial charge is 0.326 e. The van der Waals surface area contributed by atoms with E-state index in [2.05, 4.69) is 0 Å². The van der Waals surface area contributed by atoms with Crippen molar-refractivity contribution < 1.29 is 19.0 Å². The van der Waals surface area contributed by atoms with Gasteiger partial charge in [0.25, 0.3) is 5.52 Å². The van der Waals surface area contributed by atoms with E-state index < -0.39 is 12.0 Å². The molecule has 0 aliphatic heterocycles. The lowest BCUT2D eigenvalue weighted by molar-refractivity contribution is -0.499. The molecule has 6 nitrogen and oxygen atoms in total. The maximum absolute atomic E-state index is 13.4. The molecule has 6 heteroatoms. The topological polar surface area (TPSA) is 72.6 Å². The van der Waals surface area contributed by atoms with Crippen LogP contribution in [0.15, 0.2) is 71.8 Å². The van der Waals surface area contributed by atoms with Crippen LogP contribution in [0.3, 0.4) is 0 Å². The molecule has 0 saturated carbocycles. The number of benzene rings is 2. The summed E-state index contributed by atoms with van der Waals surface area (Å²) in [5.41, 5.74) is 1.73. The zero-order valence-corrected chi connectivity index (χ0v) is 17.6. The predicted octanol–water partition coefficient (Wildman–Crippen LogP) is 4.23. The number of methoxy groups -OCH3 is 1. The number of ether oxygens (including phenoxy) is 1. The molecule has 0 aliphatic carbocycles. The number of carbonyl (C=O) groups is 1. The van der Waals surface area contributed by atoms with Crippen molar-refractivity contribution in [2.24, 2.45) is 0 Å². The average Bonchev–Trinajstić information content (AvgIpc) is 2.79. The number of hydrogen-bond donors (Lipinski definition) is 1. The zero-order valence-electron chi connectivity index (χ0n) is 17.6. The third-order valence-corrected chi connectivity index (χ3v) is 5.63. The number of unbranched alkanes of at least 4 members (excludes halogenated alkanes) is 1. The van der Waals surface area contributed by atoms with Crippen LogP contribution >= 0.6 is 0 Å². The van der Waals surface area contributed by atoms with Gasteiger partial charge in [0.1, 0.15) is 11.8 Å². The standard InChI is InChI=1S/C25H24N2O4/c1-3-4-9-21(25(29)30)27-16-23(17-10-12-20(31-2)13-11-17)26-15-19-8-6-5-7-18(19)14-22(26)24(27)28/h5-8,10-16,21H,3-4,9H2,1-2H3/p+1. The van der Waals surface area contributed by atoms with Gasteiger partial charge in [-0.25, -0.2) is 4.79 Å². The van der Waals surface area contributed by atoms with Gasteiger partial charge in [0.2, 0.25) is 5.69 Å².